The van der Waals surface area contributed by atoms with E-state index in [0.29, 0.717) is 12.8 Å². The number of nitrogens with one attached hydrogen (secondary N) is 3. The van der Waals surface area contributed by atoms with E-state index >= 15 is 0 Å². The average Bonchev–Trinajstić information content (AvgIpc) is 0.769. The van der Waals surface area contributed by atoms with Crippen LogP contribution in [0, 0.1) is 0 Å². The molecule has 6 saturated heterocycles. The summed E-state index contributed by atoms with van der Waals surface area (Å²) in [6.45, 7) is -0.552. The Hall–Kier alpha value is -3.62. The molecule has 0 spiro atoms. The number of aliphatic hydroxyl groups excluding tert-OH is 19. The smallest absolute Gasteiger partial charge is 0.364 e. The van der Waals surface area contributed by atoms with Gasteiger partial charge < -0.3 is 175 Å². The number of carbonyl (C=O) groups is 4. The molecule has 0 saturated carbocycles. The van der Waals surface area contributed by atoms with Gasteiger partial charge in [-0.3, -0.25) is 14.4 Å². The third-order valence-electron chi connectivity index (χ3n) is 22.7. The number of rotatable bonds is 55. The predicted octanol–water partition coefficient (Wildman–Crippen LogP) is -3.22. The van der Waals surface area contributed by atoms with Gasteiger partial charge in [-0.15, -0.1) is 0 Å². The SMILES string of the molecule is CCCCCCCCCCCCC/C=C/[C@@H](O)[C@H](CO[C@@H]1OC(CO)[C@@H](O[C@@H]2OC(CO)[C@H](O[C@@H]3OC(CO)[C@H](O)[C@H](O[C@@H]4OC(CO)[C@H](O)[C@H](O[C@@H]5OC(CO[C@]6(C(=O)O)CC(O)[C@@H](NC(C)=O)C([C@H](O)[C@H](O)CO)O6)[C@H](O)[C@H](O)C5O)C4NC(C)=O)C3O)[C@H](O)C2O)[C@H](O)C1O)NC(=O)CCCCCCCCCCCCCCCCC. The van der Waals surface area contributed by atoms with Gasteiger partial charge in [0.05, 0.1) is 70.5 Å². The molecule has 688 valence electrons. The van der Waals surface area contributed by atoms with Crippen LogP contribution in [-0.2, 0) is 76.0 Å². The van der Waals surface area contributed by atoms with Crippen LogP contribution >= 0.6 is 0 Å². The number of carboxylic acids is 1. The molecule has 12 unspecified atom stereocenters. The summed E-state index contributed by atoms with van der Waals surface area (Å²) in [6, 6.07) is -4.61. The van der Waals surface area contributed by atoms with E-state index in [1.54, 1.807) is 6.08 Å². The standard InChI is InChI=1S/C79H141N3O36/c1-5-7-9-11-13-15-17-19-20-22-24-26-28-30-32-34-54(93)82-45(46(90)33-31-29-27-25-23-21-18-16-14-12-10-8-6-2)41-107-74-65(102)62(99)68(51(39-86)111-74)114-76-66(103)63(100)69(52(40-87)112-76)115-77-67(104)72(60(97)50(38-85)110-77)117-73-56(81-44(4)89)70(59(96)49(37-84)109-73)116-75-64(101)61(98)58(95)53(113-75)42-108-79(78(105)106)35-47(91)55(80-43(3)88)71(118-79)57(94)48(92)36-83/h31,33,45-53,55-77,83-87,90-92,94-104H,5-30,32,34-42H2,1-4H3,(H,80,88)(H,81,89)(H,82,93)(H,105,106)/b33-31+/t45-,46+,47?,48+,49?,50?,51?,52?,53?,55+,56?,57+,58-,59-,60-,61-,62+,63+,64?,65?,66?,67?,68+,69-,70+,71?,72-,73-,74+,75-,76-,77-,79+/m0/s1. The number of allylic oxidation sites excluding steroid dienone is 1. The highest BCUT2D eigenvalue weighted by Crippen LogP contribution is 2.39. The van der Waals surface area contributed by atoms with Crippen molar-refractivity contribution in [3.63, 3.8) is 0 Å². The lowest BCUT2D eigenvalue weighted by molar-refractivity contribution is -0.389. The number of aliphatic hydroxyl groups is 19. The van der Waals surface area contributed by atoms with E-state index in [2.05, 4.69) is 29.8 Å². The first-order chi connectivity index (χ1) is 56.5. The number of unbranched alkanes of at least 4 members (excludes halogenated alkanes) is 25. The molecule has 118 heavy (non-hydrogen) atoms. The van der Waals surface area contributed by atoms with E-state index in [1.807, 2.05) is 6.08 Å². The van der Waals surface area contributed by atoms with E-state index in [4.69, 9.17) is 56.8 Å². The minimum Gasteiger partial charge on any atom is -0.477 e. The van der Waals surface area contributed by atoms with Crippen LogP contribution in [0.4, 0.5) is 0 Å². The largest absolute Gasteiger partial charge is 0.477 e. The zero-order chi connectivity index (χ0) is 86.8. The zero-order valence-corrected chi connectivity index (χ0v) is 68.6. The molecule has 3 amide bonds. The molecule has 6 heterocycles. The van der Waals surface area contributed by atoms with Crippen molar-refractivity contribution >= 4 is 23.7 Å². The van der Waals surface area contributed by atoms with Crippen molar-refractivity contribution in [2.24, 2.45) is 0 Å². The maximum atomic E-state index is 13.5. The zero-order valence-electron chi connectivity index (χ0n) is 68.6. The molecule has 39 nitrogen and oxygen atoms in total. The number of amides is 3. The number of carboxylic acid groups (broad SMARTS) is 1. The third kappa shape index (κ3) is 30.6. The predicted molar refractivity (Wildman–Crippen MR) is 411 cm³/mol. The van der Waals surface area contributed by atoms with Crippen LogP contribution < -0.4 is 16.0 Å². The number of carbonyl (C=O) groups excluding carboxylic acids is 3. The van der Waals surface area contributed by atoms with Crippen molar-refractivity contribution in [2.75, 3.05) is 46.2 Å². The minimum absolute atomic E-state index is 0.169. The summed E-state index contributed by atoms with van der Waals surface area (Å²) < 4.78 is 70.3. The maximum Gasteiger partial charge on any atom is 0.364 e. The molecule has 0 aromatic carbocycles. The van der Waals surface area contributed by atoms with Crippen molar-refractivity contribution in [2.45, 2.75) is 416 Å². The van der Waals surface area contributed by atoms with Crippen molar-refractivity contribution in [1.29, 1.82) is 0 Å². The van der Waals surface area contributed by atoms with Gasteiger partial charge >= 0.3 is 5.97 Å². The molecule has 0 aromatic rings. The molecule has 6 rings (SSSR count). The van der Waals surface area contributed by atoms with Crippen LogP contribution in [0.1, 0.15) is 214 Å². The summed E-state index contributed by atoms with van der Waals surface area (Å²) >= 11 is 0. The highest BCUT2D eigenvalue weighted by molar-refractivity contribution is 5.77. The van der Waals surface area contributed by atoms with Crippen molar-refractivity contribution < 1.29 is 178 Å². The Bertz CT molecular complexity index is 2830. The number of hydrogen-bond donors (Lipinski definition) is 23. The summed E-state index contributed by atoms with van der Waals surface area (Å²) in [4.78, 5) is 51.6. The Morgan fingerprint density at radius 2 is 0.856 bits per heavy atom. The van der Waals surface area contributed by atoms with Gasteiger partial charge in [0.2, 0.25) is 17.7 Å². The Morgan fingerprint density at radius 3 is 1.34 bits per heavy atom. The second kappa shape index (κ2) is 53.6. The molecular weight excluding hydrogens is 1570 g/mol. The Labute approximate surface area is 689 Å². The number of aliphatic carboxylic acids is 1. The monoisotopic (exact) mass is 1710 g/mol. The second-order valence-corrected chi connectivity index (χ2v) is 32.1. The summed E-state index contributed by atoms with van der Waals surface area (Å²) in [5.41, 5.74) is 0. The molecular formula is C79H141N3O36. The average molecular weight is 1710 g/mol. The van der Waals surface area contributed by atoms with Crippen molar-refractivity contribution in [3.8, 4) is 0 Å². The fraction of sp³-hybridized carbons (Fsp3) is 0.924. The second-order valence-electron chi connectivity index (χ2n) is 32.1. The van der Waals surface area contributed by atoms with E-state index in [0.717, 1.165) is 65.2 Å². The van der Waals surface area contributed by atoms with Crippen molar-refractivity contribution in [3.05, 3.63) is 12.2 Å². The van der Waals surface area contributed by atoms with Gasteiger partial charge in [-0.2, -0.15) is 0 Å². The quantitative estimate of drug-likeness (QED) is 0.0210. The molecule has 0 aliphatic carbocycles. The van der Waals surface area contributed by atoms with Crippen LogP contribution in [0.25, 0.3) is 0 Å². The van der Waals surface area contributed by atoms with Gasteiger partial charge in [-0.25, -0.2) is 4.79 Å². The molecule has 33 atom stereocenters. The molecule has 23 N–H and O–H groups in total. The van der Waals surface area contributed by atoms with Crippen LogP contribution in [0.2, 0.25) is 0 Å². The lowest BCUT2D eigenvalue weighted by atomic mass is 9.88. The molecule has 6 aliphatic heterocycles. The van der Waals surface area contributed by atoms with Crippen LogP contribution in [0.15, 0.2) is 12.2 Å². The minimum atomic E-state index is -3.03. The number of ether oxygens (including phenoxy) is 12. The lowest BCUT2D eigenvalue weighted by Crippen LogP contribution is -2.70. The van der Waals surface area contributed by atoms with Crippen LogP contribution in [-0.4, -0.2) is 374 Å². The van der Waals surface area contributed by atoms with Crippen LogP contribution in [0.3, 0.4) is 0 Å². The van der Waals surface area contributed by atoms with Gasteiger partial charge in [-0.1, -0.05) is 180 Å². The summed E-state index contributed by atoms with van der Waals surface area (Å²) in [5.74, 6) is -7.11. The summed E-state index contributed by atoms with van der Waals surface area (Å²) in [7, 11) is 0. The Balaban J connectivity index is 1.09. The first kappa shape index (κ1) is 103. The fourth-order valence-corrected chi connectivity index (χ4v) is 15.7. The molecule has 0 aromatic heterocycles. The highest BCUT2D eigenvalue weighted by Gasteiger charge is 2.60. The van der Waals surface area contributed by atoms with E-state index < -0.39 is 272 Å². The van der Waals surface area contributed by atoms with Crippen LogP contribution in [0.5, 0.6) is 0 Å². The van der Waals surface area contributed by atoms with Crippen molar-refractivity contribution in [1.82, 2.24) is 16.0 Å². The first-order valence-corrected chi connectivity index (χ1v) is 42.6. The Kier molecular flexibility index (Phi) is 46.9. The number of hydrogen-bond acceptors (Lipinski definition) is 35. The first-order valence-electron chi connectivity index (χ1n) is 42.6. The molecule has 0 bridgehead atoms. The van der Waals surface area contributed by atoms with E-state index in [9.17, 15) is 121 Å². The fourth-order valence-electron chi connectivity index (χ4n) is 15.7. The Morgan fingerprint density at radius 1 is 0.449 bits per heavy atom. The summed E-state index contributed by atoms with van der Waals surface area (Å²) in [6.07, 6.45) is -25.2. The van der Waals surface area contributed by atoms with Gasteiger partial charge in [0.25, 0.3) is 5.79 Å². The molecule has 0 radical (unpaired) electrons. The van der Waals surface area contributed by atoms with Gasteiger partial charge in [0, 0.05) is 26.7 Å². The maximum absolute atomic E-state index is 13.5. The van der Waals surface area contributed by atoms with E-state index in [-0.39, 0.29) is 12.3 Å². The molecule has 39 heteroatoms. The summed E-state index contributed by atoms with van der Waals surface area (Å²) in [5, 5.41) is 230. The third-order valence-corrected chi connectivity index (χ3v) is 22.7. The van der Waals surface area contributed by atoms with E-state index in [1.165, 1.54) is 109 Å². The molecule has 6 fully saturated rings. The highest BCUT2D eigenvalue weighted by atomic mass is 16.8. The van der Waals surface area contributed by atoms with Gasteiger partial charge in [0.1, 0.15) is 140 Å². The van der Waals surface area contributed by atoms with Gasteiger partial charge in [-0.05, 0) is 19.3 Å². The molecule has 6 aliphatic rings. The van der Waals surface area contributed by atoms with Gasteiger partial charge in [0.15, 0.2) is 31.5 Å². The lowest BCUT2D eigenvalue weighted by Gasteiger charge is -2.50. The topological polar surface area (TPSA) is 620 Å². The normalized spacial score (nSPS) is 36.4.